The second-order valence-corrected chi connectivity index (χ2v) is 5.12. The highest BCUT2D eigenvalue weighted by molar-refractivity contribution is 5.75. The first-order valence-electron chi connectivity index (χ1n) is 7.07. The van der Waals surface area contributed by atoms with E-state index in [1.54, 1.807) is 31.4 Å². The lowest BCUT2D eigenvalue weighted by Crippen LogP contribution is -2.29. The molecular formula is C17H21N3O. The molecule has 0 saturated heterocycles. The Balaban J connectivity index is 2.09. The molecule has 0 fully saturated rings. The molecular weight excluding hydrogens is 262 g/mol. The zero-order chi connectivity index (χ0) is 15.1. The molecule has 0 aliphatic heterocycles. The van der Waals surface area contributed by atoms with Crippen LogP contribution in [0.1, 0.15) is 23.6 Å². The summed E-state index contributed by atoms with van der Waals surface area (Å²) >= 11 is 0. The van der Waals surface area contributed by atoms with E-state index in [1.807, 2.05) is 30.3 Å². The first-order chi connectivity index (χ1) is 10.2. The first kappa shape index (κ1) is 15.2. The maximum atomic E-state index is 11.7. The Morgan fingerprint density at radius 1 is 1.10 bits per heavy atom. The molecule has 1 N–H and O–H groups in total. The van der Waals surface area contributed by atoms with E-state index in [9.17, 15) is 4.79 Å². The van der Waals surface area contributed by atoms with E-state index in [0.29, 0.717) is 13.0 Å². The minimum Gasteiger partial charge on any atom is -0.349 e. The fraction of sp³-hybridized carbons (Fsp3) is 0.294. The molecule has 4 nitrogen and oxygen atoms in total. The van der Waals surface area contributed by atoms with Gasteiger partial charge in [0, 0.05) is 39.5 Å². The third kappa shape index (κ3) is 4.39. The first-order valence-corrected chi connectivity index (χ1v) is 7.07. The summed E-state index contributed by atoms with van der Waals surface area (Å²) in [5.74, 6) is 0.129. The van der Waals surface area contributed by atoms with E-state index in [-0.39, 0.29) is 11.9 Å². The zero-order valence-electron chi connectivity index (χ0n) is 12.5. The van der Waals surface area contributed by atoms with Crippen LogP contribution in [0.4, 0.5) is 0 Å². The fourth-order valence-electron chi connectivity index (χ4n) is 2.18. The molecule has 1 unspecified atom stereocenters. The van der Waals surface area contributed by atoms with Crippen molar-refractivity contribution < 1.29 is 4.79 Å². The van der Waals surface area contributed by atoms with Gasteiger partial charge in [-0.05, 0) is 23.3 Å². The summed E-state index contributed by atoms with van der Waals surface area (Å²) in [6.07, 6.45) is 4.07. The van der Waals surface area contributed by atoms with Gasteiger partial charge in [-0.1, -0.05) is 30.3 Å². The number of rotatable bonds is 6. The molecule has 2 aromatic rings. The normalized spacial score (nSPS) is 11.9. The van der Waals surface area contributed by atoms with Gasteiger partial charge >= 0.3 is 0 Å². The van der Waals surface area contributed by atoms with Crippen molar-refractivity contribution in [2.24, 2.45) is 0 Å². The van der Waals surface area contributed by atoms with Crippen LogP contribution in [0.3, 0.4) is 0 Å². The average Bonchev–Trinajstić information content (AvgIpc) is 2.53. The molecule has 0 aliphatic carbocycles. The Morgan fingerprint density at radius 3 is 2.33 bits per heavy atom. The summed E-state index contributed by atoms with van der Waals surface area (Å²) in [5.41, 5.74) is 2.33. The van der Waals surface area contributed by atoms with Crippen LogP contribution in [0.2, 0.25) is 0 Å². The topological polar surface area (TPSA) is 45.2 Å². The number of aromatic nitrogens is 1. The van der Waals surface area contributed by atoms with Crippen molar-refractivity contribution in [1.82, 2.24) is 15.2 Å². The van der Waals surface area contributed by atoms with Crippen molar-refractivity contribution in [2.45, 2.75) is 12.5 Å². The smallest absolute Gasteiger partial charge is 0.223 e. The molecule has 1 atom stereocenters. The summed E-state index contributed by atoms with van der Waals surface area (Å²) in [6.45, 7) is 0.638. The second-order valence-electron chi connectivity index (χ2n) is 5.12. The largest absolute Gasteiger partial charge is 0.349 e. The van der Waals surface area contributed by atoms with Crippen molar-refractivity contribution in [3.63, 3.8) is 0 Å². The van der Waals surface area contributed by atoms with Crippen LogP contribution in [0.5, 0.6) is 0 Å². The Kier molecular flexibility index (Phi) is 5.46. The number of carbonyl (C=O) groups excluding carboxylic acids is 1. The molecule has 0 saturated carbocycles. The van der Waals surface area contributed by atoms with Crippen LogP contribution in [0.15, 0.2) is 54.9 Å². The highest BCUT2D eigenvalue weighted by Gasteiger charge is 2.13. The number of pyridine rings is 1. The van der Waals surface area contributed by atoms with Crippen LogP contribution in [-0.2, 0) is 4.79 Å². The molecule has 0 spiro atoms. The lowest BCUT2D eigenvalue weighted by Gasteiger charge is -2.20. The van der Waals surface area contributed by atoms with E-state index < -0.39 is 0 Å². The van der Waals surface area contributed by atoms with Gasteiger partial charge in [0.05, 0.1) is 6.04 Å². The standard InChI is InChI=1S/C17H21N3O/c1-20(2)16(21)10-13-19-17(14-6-4-3-5-7-14)15-8-11-18-12-9-15/h3-9,11-12,17,19H,10,13H2,1-2H3. The quantitative estimate of drug-likeness (QED) is 0.884. The summed E-state index contributed by atoms with van der Waals surface area (Å²) in [4.78, 5) is 17.4. The molecule has 21 heavy (non-hydrogen) atoms. The molecule has 1 heterocycles. The Morgan fingerprint density at radius 2 is 1.71 bits per heavy atom. The van der Waals surface area contributed by atoms with E-state index in [0.717, 1.165) is 5.56 Å². The predicted octanol–water partition coefficient (Wildman–Crippen LogP) is 2.24. The summed E-state index contributed by atoms with van der Waals surface area (Å²) in [7, 11) is 3.56. The van der Waals surface area contributed by atoms with Gasteiger partial charge in [0.25, 0.3) is 0 Å². The molecule has 0 bridgehead atoms. The van der Waals surface area contributed by atoms with Crippen LogP contribution in [-0.4, -0.2) is 36.4 Å². The minimum absolute atomic E-state index is 0.0733. The fourth-order valence-corrected chi connectivity index (χ4v) is 2.18. The molecule has 0 aliphatic rings. The van der Waals surface area contributed by atoms with Crippen molar-refractivity contribution in [1.29, 1.82) is 0 Å². The number of hydrogen-bond acceptors (Lipinski definition) is 3. The van der Waals surface area contributed by atoms with Gasteiger partial charge in [-0.15, -0.1) is 0 Å². The number of benzene rings is 1. The summed E-state index contributed by atoms with van der Waals surface area (Å²) in [6, 6.07) is 14.3. The van der Waals surface area contributed by atoms with Crippen molar-refractivity contribution in [3.8, 4) is 0 Å². The highest BCUT2D eigenvalue weighted by Crippen LogP contribution is 2.21. The van der Waals surface area contributed by atoms with Crippen LogP contribution in [0, 0.1) is 0 Å². The minimum atomic E-state index is 0.0733. The number of carbonyl (C=O) groups is 1. The van der Waals surface area contributed by atoms with E-state index in [1.165, 1.54) is 5.56 Å². The van der Waals surface area contributed by atoms with Gasteiger partial charge in [0.15, 0.2) is 0 Å². The molecule has 0 radical (unpaired) electrons. The number of amides is 1. The SMILES string of the molecule is CN(C)C(=O)CCNC(c1ccccc1)c1ccncc1. The predicted molar refractivity (Wildman–Crippen MR) is 83.8 cm³/mol. The Labute approximate surface area is 125 Å². The number of nitrogens with zero attached hydrogens (tertiary/aromatic N) is 2. The third-order valence-corrected chi connectivity index (χ3v) is 3.36. The molecule has 2 rings (SSSR count). The Hall–Kier alpha value is -2.20. The summed E-state index contributed by atoms with van der Waals surface area (Å²) < 4.78 is 0. The van der Waals surface area contributed by atoms with Crippen molar-refractivity contribution in [2.75, 3.05) is 20.6 Å². The monoisotopic (exact) mass is 283 g/mol. The van der Waals surface area contributed by atoms with Gasteiger partial charge in [0.2, 0.25) is 5.91 Å². The molecule has 4 heteroatoms. The lowest BCUT2D eigenvalue weighted by atomic mass is 9.99. The average molecular weight is 283 g/mol. The van der Waals surface area contributed by atoms with Crippen LogP contribution < -0.4 is 5.32 Å². The Bertz CT molecular complexity index is 515. The second kappa shape index (κ2) is 7.55. The third-order valence-electron chi connectivity index (χ3n) is 3.36. The van der Waals surface area contributed by atoms with E-state index in [4.69, 9.17) is 0 Å². The van der Waals surface area contributed by atoms with E-state index >= 15 is 0 Å². The highest BCUT2D eigenvalue weighted by atomic mass is 16.2. The number of nitrogens with one attached hydrogen (secondary N) is 1. The maximum absolute atomic E-state index is 11.7. The molecule has 1 aromatic heterocycles. The zero-order valence-corrected chi connectivity index (χ0v) is 12.5. The van der Waals surface area contributed by atoms with Gasteiger partial charge in [-0.3, -0.25) is 9.78 Å². The van der Waals surface area contributed by atoms with Crippen molar-refractivity contribution >= 4 is 5.91 Å². The summed E-state index contributed by atoms with van der Waals surface area (Å²) in [5, 5.41) is 3.46. The van der Waals surface area contributed by atoms with Gasteiger partial charge < -0.3 is 10.2 Å². The molecule has 1 amide bonds. The van der Waals surface area contributed by atoms with E-state index in [2.05, 4.69) is 22.4 Å². The van der Waals surface area contributed by atoms with Crippen LogP contribution in [0.25, 0.3) is 0 Å². The molecule has 1 aromatic carbocycles. The van der Waals surface area contributed by atoms with Crippen LogP contribution >= 0.6 is 0 Å². The number of hydrogen-bond donors (Lipinski definition) is 1. The lowest BCUT2D eigenvalue weighted by molar-refractivity contribution is -0.128. The maximum Gasteiger partial charge on any atom is 0.223 e. The molecule has 110 valence electrons. The van der Waals surface area contributed by atoms with Crippen molar-refractivity contribution in [3.05, 3.63) is 66.0 Å². The van der Waals surface area contributed by atoms with Gasteiger partial charge in [-0.2, -0.15) is 0 Å². The van der Waals surface area contributed by atoms with Gasteiger partial charge in [-0.25, -0.2) is 0 Å². The van der Waals surface area contributed by atoms with Gasteiger partial charge in [0.1, 0.15) is 0 Å².